The molecule has 10 heteroatoms. The van der Waals surface area contributed by atoms with Gasteiger partial charge < -0.3 is 0 Å². The highest BCUT2D eigenvalue weighted by Gasteiger charge is 2.50. The molecule has 25 heavy (non-hydrogen) atoms. The first-order valence-electron chi connectivity index (χ1n) is 6.86. The minimum atomic E-state index is -5.89. The lowest BCUT2D eigenvalue weighted by atomic mass is 10.1. The first kappa shape index (κ1) is 17.8. The van der Waals surface area contributed by atoms with Gasteiger partial charge in [0.05, 0.1) is 6.54 Å². The lowest BCUT2D eigenvalue weighted by Crippen LogP contribution is -2.34. The van der Waals surface area contributed by atoms with Gasteiger partial charge in [0.2, 0.25) is 0 Å². The smallest absolute Gasteiger partial charge is 0.267 e. The van der Waals surface area contributed by atoms with Crippen LogP contribution in [0.3, 0.4) is 0 Å². The van der Waals surface area contributed by atoms with Crippen LogP contribution in [-0.2, 0) is 20.9 Å². The Labute approximate surface area is 145 Å². The van der Waals surface area contributed by atoms with Gasteiger partial charge in [-0.25, -0.2) is 0 Å². The molecule has 0 aliphatic carbocycles. The third-order valence-electron chi connectivity index (χ3n) is 3.30. The van der Waals surface area contributed by atoms with Crippen molar-refractivity contribution in [2.75, 3.05) is 0 Å². The van der Waals surface area contributed by atoms with E-state index in [-0.39, 0.29) is 17.2 Å². The maximum Gasteiger partial charge on any atom is 0.525 e. The van der Waals surface area contributed by atoms with Crippen LogP contribution in [0, 0.1) is 0 Å². The lowest BCUT2D eigenvalue weighted by molar-refractivity contribution is -0.0857. The standard InChI is InChI=1S/C15H10F3NO4S2/c16-15(17,18)25(21,22)23-19-9-10-8-12(6-7-13(10)14(19)20)24-11-4-2-1-3-5-11/h1-8H,9H2. The number of carbonyl (C=O) groups is 1. The zero-order chi connectivity index (χ0) is 18.2. The van der Waals surface area contributed by atoms with E-state index in [4.69, 9.17) is 0 Å². The van der Waals surface area contributed by atoms with Crippen LogP contribution in [-0.4, -0.2) is 24.9 Å². The van der Waals surface area contributed by atoms with Crippen molar-refractivity contribution in [1.82, 2.24) is 5.06 Å². The zero-order valence-corrected chi connectivity index (χ0v) is 14.0. The van der Waals surface area contributed by atoms with Gasteiger partial charge in [-0.3, -0.25) is 4.79 Å². The van der Waals surface area contributed by atoms with Crippen LogP contribution in [0.4, 0.5) is 13.2 Å². The third-order valence-corrected chi connectivity index (χ3v) is 5.24. The summed E-state index contributed by atoms with van der Waals surface area (Å²) in [4.78, 5) is 13.7. The van der Waals surface area contributed by atoms with Crippen molar-refractivity contribution in [3.8, 4) is 0 Å². The fourth-order valence-electron chi connectivity index (χ4n) is 2.18. The summed E-state index contributed by atoms with van der Waals surface area (Å²) in [7, 11) is -5.89. The number of hydroxylamine groups is 2. The molecule has 2 aromatic carbocycles. The summed E-state index contributed by atoms with van der Waals surface area (Å²) in [5.41, 5.74) is -5.10. The highest BCUT2D eigenvalue weighted by molar-refractivity contribution is 7.99. The predicted molar refractivity (Wildman–Crippen MR) is 82.9 cm³/mol. The number of alkyl halides is 3. The van der Waals surface area contributed by atoms with Gasteiger partial charge in [0.25, 0.3) is 5.91 Å². The Hall–Kier alpha value is -2.04. The average Bonchev–Trinajstić information content (AvgIpc) is 2.82. The van der Waals surface area contributed by atoms with Crippen molar-refractivity contribution in [2.45, 2.75) is 21.8 Å². The Balaban J connectivity index is 1.80. The molecule has 0 aromatic heterocycles. The summed E-state index contributed by atoms with van der Waals surface area (Å²) in [6.07, 6.45) is 0. The number of carbonyl (C=O) groups excluding carboxylic acids is 1. The second-order valence-corrected chi connectivity index (χ2v) is 7.72. The molecular weight excluding hydrogens is 379 g/mol. The second kappa shape index (κ2) is 6.36. The molecule has 1 aliphatic rings. The van der Waals surface area contributed by atoms with Crippen molar-refractivity contribution in [3.63, 3.8) is 0 Å². The number of hydrogen-bond donors (Lipinski definition) is 0. The highest BCUT2D eigenvalue weighted by Crippen LogP contribution is 2.34. The summed E-state index contributed by atoms with van der Waals surface area (Å²) in [5, 5.41) is 0.199. The number of rotatable bonds is 4. The third kappa shape index (κ3) is 3.65. The van der Waals surface area contributed by atoms with E-state index in [9.17, 15) is 26.4 Å². The van der Waals surface area contributed by atoms with E-state index in [1.807, 2.05) is 30.3 Å². The molecule has 0 fully saturated rings. The first-order chi connectivity index (χ1) is 11.7. The maximum atomic E-state index is 12.4. The summed E-state index contributed by atoms with van der Waals surface area (Å²) >= 11 is 1.40. The molecule has 0 saturated carbocycles. The van der Waals surface area contributed by atoms with Gasteiger partial charge in [-0.2, -0.15) is 26.7 Å². The largest absolute Gasteiger partial charge is 0.525 e. The number of benzene rings is 2. The van der Waals surface area contributed by atoms with E-state index in [2.05, 4.69) is 4.28 Å². The van der Waals surface area contributed by atoms with Gasteiger partial charge in [-0.1, -0.05) is 30.0 Å². The molecule has 0 saturated heterocycles. The maximum absolute atomic E-state index is 12.4. The van der Waals surface area contributed by atoms with Crippen molar-refractivity contribution < 1.29 is 30.7 Å². The molecule has 0 atom stereocenters. The average molecular weight is 389 g/mol. The molecule has 5 nitrogen and oxygen atoms in total. The minimum absolute atomic E-state index is 0.106. The van der Waals surface area contributed by atoms with E-state index in [0.717, 1.165) is 9.79 Å². The van der Waals surface area contributed by atoms with E-state index in [0.29, 0.717) is 5.56 Å². The fraction of sp³-hybridized carbons (Fsp3) is 0.133. The van der Waals surface area contributed by atoms with Crippen LogP contribution in [0.1, 0.15) is 15.9 Å². The molecule has 0 spiro atoms. The topological polar surface area (TPSA) is 63.7 Å². The summed E-state index contributed by atoms with van der Waals surface area (Å²) in [5.74, 6) is -0.931. The van der Waals surface area contributed by atoms with Crippen LogP contribution >= 0.6 is 11.8 Å². The molecule has 1 amide bonds. The van der Waals surface area contributed by atoms with Gasteiger partial charge in [0.15, 0.2) is 0 Å². The molecule has 0 radical (unpaired) electrons. The number of amides is 1. The van der Waals surface area contributed by atoms with Crippen molar-refractivity contribution in [2.24, 2.45) is 0 Å². The van der Waals surface area contributed by atoms with Crippen LogP contribution in [0.2, 0.25) is 0 Å². The second-order valence-electron chi connectivity index (χ2n) is 5.05. The number of fused-ring (bicyclic) bond motifs is 1. The molecule has 2 aromatic rings. The molecule has 0 unspecified atom stereocenters. The Morgan fingerprint density at radius 3 is 2.36 bits per heavy atom. The van der Waals surface area contributed by atoms with Crippen LogP contribution < -0.4 is 0 Å². The number of hydrogen-bond acceptors (Lipinski definition) is 5. The first-order valence-corrected chi connectivity index (χ1v) is 9.08. The monoisotopic (exact) mass is 389 g/mol. The summed E-state index contributed by atoms with van der Waals surface area (Å²) in [6.45, 7) is -0.382. The van der Waals surface area contributed by atoms with E-state index >= 15 is 0 Å². The van der Waals surface area contributed by atoms with Crippen LogP contribution in [0.5, 0.6) is 0 Å². The quantitative estimate of drug-likeness (QED) is 0.748. The molecule has 1 aliphatic heterocycles. The molecular formula is C15H10F3NO4S2. The van der Waals surface area contributed by atoms with Gasteiger partial charge in [0.1, 0.15) is 0 Å². The molecule has 132 valence electrons. The van der Waals surface area contributed by atoms with Crippen molar-refractivity contribution >= 4 is 27.8 Å². The van der Waals surface area contributed by atoms with Gasteiger partial charge in [-0.15, -0.1) is 4.28 Å². The highest BCUT2D eigenvalue weighted by atomic mass is 32.2. The van der Waals surface area contributed by atoms with Gasteiger partial charge in [-0.05, 0) is 35.9 Å². The Kier molecular flexibility index (Phi) is 4.52. The molecule has 1 heterocycles. The Morgan fingerprint density at radius 1 is 1.04 bits per heavy atom. The normalized spacial score (nSPS) is 14.7. The fourth-order valence-corrected chi connectivity index (χ4v) is 3.52. The predicted octanol–water partition coefficient (Wildman–Crippen LogP) is 3.57. The van der Waals surface area contributed by atoms with Crippen molar-refractivity contribution in [1.29, 1.82) is 0 Å². The van der Waals surface area contributed by atoms with Crippen molar-refractivity contribution in [3.05, 3.63) is 59.7 Å². The lowest BCUT2D eigenvalue weighted by Gasteiger charge is -2.15. The van der Waals surface area contributed by atoms with E-state index in [1.165, 1.54) is 17.8 Å². The Bertz CT molecular complexity index is 914. The number of nitrogens with zero attached hydrogens (tertiary/aromatic N) is 1. The molecule has 0 bridgehead atoms. The molecule has 0 N–H and O–H groups in total. The SMILES string of the molecule is O=C1c2ccc(Sc3ccccc3)cc2CN1OS(=O)(=O)C(F)(F)F. The summed E-state index contributed by atoms with van der Waals surface area (Å²) < 4.78 is 63.3. The Morgan fingerprint density at radius 2 is 1.72 bits per heavy atom. The number of halogens is 3. The van der Waals surface area contributed by atoms with E-state index < -0.39 is 21.5 Å². The zero-order valence-electron chi connectivity index (χ0n) is 12.4. The van der Waals surface area contributed by atoms with E-state index in [1.54, 1.807) is 12.1 Å². The minimum Gasteiger partial charge on any atom is -0.267 e. The van der Waals surface area contributed by atoms with Gasteiger partial charge >= 0.3 is 15.6 Å². The summed E-state index contributed by atoms with van der Waals surface area (Å²) in [6, 6.07) is 14.0. The van der Waals surface area contributed by atoms with Crippen LogP contribution in [0.15, 0.2) is 58.3 Å². The van der Waals surface area contributed by atoms with Gasteiger partial charge in [0, 0.05) is 15.4 Å². The molecule has 3 rings (SSSR count). The van der Waals surface area contributed by atoms with Crippen LogP contribution in [0.25, 0.3) is 0 Å².